The third kappa shape index (κ3) is 2.82. The minimum absolute atomic E-state index is 0.471. The molecule has 3 aromatic rings. The van der Waals surface area contributed by atoms with Gasteiger partial charge in [-0.15, -0.1) is 0 Å². The molecular formula is C20H23N5. The summed E-state index contributed by atoms with van der Waals surface area (Å²) < 4.78 is 1.94. The van der Waals surface area contributed by atoms with E-state index in [9.17, 15) is 0 Å². The number of piperidine rings is 1. The number of likely N-dealkylation sites (tertiary alicyclic amines) is 1. The Morgan fingerprint density at radius 2 is 1.80 bits per heavy atom. The van der Waals surface area contributed by atoms with E-state index in [0.29, 0.717) is 5.92 Å². The molecule has 5 rings (SSSR count). The molecule has 0 unspecified atom stereocenters. The Balaban J connectivity index is 1.42. The molecule has 5 heteroatoms. The lowest BCUT2D eigenvalue weighted by Gasteiger charge is -2.41. The summed E-state index contributed by atoms with van der Waals surface area (Å²) in [6.07, 6.45) is 12.3. The molecule has 4 heterocycles. The Hall–Kier alpha value is -2.27. The van der Waals surface area contributed by atoms with E-state index in [2.05, 4.69) is 28.2 Å². The lowest BCUT2D eigenvalue weighted by Crippen LogP contribution is -2.45. The Labute approximate surface area is 147 Å². The number of rotatable bonds is 3. The average molecular weight is 333 g/mol. The van der Waals surface area contributed by atoms with E-state index in [1.165, 1.54) is 38.6 Å². The molecule has 1 saturated carbocycles. The topological polar surface area (TPSA) is 46.3 Å². The van der Waals surface area contributed by atoms with Crippen LogP contribution in [0.1, 0.15) is 43.8 Å². The maximum absolute atomic E-state index is 4.82. The zero-order valence-corrected chi connectivity index (χ0v) is 14.4. The van der Waals surface area contributed by atoms with Gasteiger partial charge in [0.15, 0.2) is 11.5 Å². The zero-order valence-electron chi connectivity index (χ0n) is 14.4. The molecule has 128 valence electrons. The quantitative estimate of drug-likeness (QED) is 0.736. The van der Waals surface area contributed by atoms with Gasteiger partial charge in [-0.05, 0) is 62.1 Å². The van der Waals surface area contributed by atoms with Gasteiger partial charge in [-0.1, -0.05) is 6.42 Å². The second-order valence-corrected chi connectivity index (χ2v) is 7.35. The maximum atomic E-state index is 4.82. The molecule has 2 fully saturated rings. The van der Waals surface area contributed by atoms with Crippen molar-refractivity contribution in [1.29, 1.82) is 0 Å². The van der Waals surface area contributed by atoms with Gasteiger partial charge in [0.2, 0.25) is 0 Å². The Kier molecular flexibility index (Phi) is 3.74. The van der Waals surface area contributed by atoms with Gasteiger partial charge in [-0.3, -0.25) is 9.88 Å². The van der Waals surface area contributed by atoms with Crippen molar-refractivity contribution in [3.8, 4) is 11.1 Å². The molecule has 0 radical (unpaired) electrons. The fourth-order valence-corrected chi connectivity index (χ4v) is 4.09. The molecule has 1 saturated heterocycles. The first kappa shape index (κ1) is 15.0. The summed E-state index contributed by atoms with van der Waals surface area (Å²) in [7, 11) is 0. The van der Waals surface area contributed by atoms with E-state index in [0.717, 1.165) is 35.2 Å². The minimum atomic E-state index is 0.471. The van der Waals surface area contributed by atoms with Crippen LogP contribution >= 0.6 is 0 Å². The van der Waals surface area contributed by atoms with Crippen molar-refractivity contribution >= 4 is 5.65 Å². The van der Waals surface area contributed by atoms with Gasteiger partial charge in [-0.2, -0.15) is 5.10 Å². The largest absolute Gasteiger partial charge is 0.300 e. The van der Waals surface area contributed by atoms with Crippen LogP contribution in [0.4, 0.5) is 0 Å². The minimum Gasteiger partial charge on any atom is -0.300 e. The van der Waals surface area contributed by atoms with Crippen LogP contribution in [-0.2, 0) is 0 Å². The highest BCUT2D eigenvalue weighted by Crippen LogP contribution is 2.32. The normalized spacial score (nSPS) is 22.2. The van der Waals surface area contributed by atoms with Crippen molar-refractivity contribution in [3.63, 3.8) is 0 Å². The predicted octanol–water partition coefficient (Wildman–Crippen LogP) is 3.52. The van der Waals surface area contributed by atoms with Crippen molar-refractivity contribution in [2.75, 3.05) is 13.1 Å². The van der Waals surface area contributed by atoms with Crippen LogP contribution in [0, 0.1) is 0 Å². The van der Waals surface area contributed by atoms with E-state index in [4.69, 9.17) is 10.1 Å². The molecular weight excluding hydrogens is 310 g/mol. The van der Waals surface area contributed by atoms with Crippen molar-refractivity contribution < 1.29 is 0 Å². The standard InChI is InChI=1S/C20H23N5/c1-4-18(5-1)24-12-2-3-17(13-24)20-22-19-7-6-16(14-25(19)23-20)15-8-10-21-11-9-15/h6-11,14,17-18H,1-5,12-13H2/t17-/m0/s1. The summed E-state index contributed by atoms with van der Waals surface area (Å²) in [5.74, 6) is 1.48. The summed E-state index contributed by atoms with van der Waals surface area (Å²) in [6, 6.07) is 9.05. The monoisotopic (exact) mass is 333 g/mol. The lowest BCUT2D eigenvalue weighted by atomic mass is 9.87. The smallest absolute Gasteiger partial charge is 0.156 e. The van der Waals surface area contributed by atoms with E-state index >= 15 is 0 Å². The summed E-state index contributed by atoms with van der Waals surface area (Å²) >= 11 is 0. The maximum Gasteiger partial charge on any atom is 0.156 e. The van der Waals surface area contributed by atoms with Gasteiger partial charge < -0.3 is 0 Å². The first-order chi connectivity index (χ1) is 12.4. The van der Waals surface area contributed by atoms with Gasteiger partial charge in [0.1, 0.15) is 0 Å². The van der Waals surface area contributed by atoms with Gasteiger partial charge in [0, 0.05) is 42.7 Å². The van der Waals surface area contributed by atoms with E-state index in [-0.39, 0.29) is 0 Å². The molecule has 0 spiro atoms. The van der Waals surface area contributed by atoms with E-state index in [1.54, 1.807) is 0 Å². The fraction of sp³-hybridized carbons (Fsp3) is 0.450. The molecule has 0 N–H and O–H groups in total. The highest BCUT2D eigenvalue weighted by atomic mass is 15.3. The summed E-state index contributed by atoms with van der Waals surface area (Å²) in [5, 5.41) is 4.82. The van der Waals surface area contributed by atoms with Gasteiger partial charge in [-0.25, -0.2) is 9.50 Å². The summed E-state index contributed by atoms with van der Waals surface area (Å²) in [5.41, 5.74) is 3.24. The molecule has 3 aromatic heterocycles. The molecule has 1 aliphatic carbocycles. The molecule has 1 atom stereocenters. The number of nitrogens with zero attached hydrogens (tertiary/aromatic N) is 5. The van der Waals surface area contributed by atoms with Crippen molar-refractivity contribution in [2.45, 2.75) is 44.1 Å². The Morgan fingerprint density at radius 1 is 0.920 bits per heavy atom. The second-order valence-electron chi connectivity index (χ2n) is 7.35. The fourth-order valence-electron chi connectivity index (χ4n) is 4.09. The third-order valence-corrected chi connectivity index (χ3v) is 5.77. The van der Waals surface area contributed by atoms with Crippen LogP contribution in [0.15, 0.2) is 42.9 Å². The van der Waals surface area contributed by atoms with Crippen LogP contribution in [0.5, 0.6) is 0 Å². The number of fused-ring (bicyclic) bond motifs is 1. The van der Waals surface area contributed by atoms with E-state index < -0.39 is 0 Å². The number of aromatic nitrogens is 4. The van der Waals surface area contributed by atoms with Crippen LogP contribution in [0.25, 0.3) is 16.8 Å². The molecule has 0 bridgehead atoms. The lowest BCUT2D eigenvalue weighted by molar-refractivity contribution is 0.0929. The van der Waals surface area contributed by atoms with Gasteiger partial charge in [0.05, 0.1) is 0 Å². The Bertz CT molecular complexity index is 868. The summed E-state index contributed by atoms with van der Waals surface area (Å²) in [6.45, 7) is 2.37. The zero-order chi connectivity index (χ0) is 16.6. The van der Waals surface area contributed by atoms with Crippen LogP contribution in [-0.4, -0.2) is 43.6 Å². The van der Waals surface area contributed by atoms with Crippen LogP contribution < -0.4 is 0 Å². The molecule has 25 heavy (non-hydrogen) atoms. The van der Waals surface area contributed by atoms with Crippen LogP contribution in [0.3, 0.4) is 0 Å². The first-order valence-corrected chi connectivity index (χ1v) is 9.37. The van der Waals surface area contributed by atoms with E-state index in [1.807, 2.05) is 29.0 Å². The van der Waals surface area contributed by atoms with Crippen molar-refractivity contribution in [3.05, 3.63) is 48.7 Å². The highest BCUT2D eigenvalue weighted by Gasteiger charge is 2.31. The number of hydrogen-bond donors (Lipinski definition) is 0. The van der Waals surface area contributed by atoms with Crippen molar-refractivity contribution in [1.82, 2.24) is 24.5 Å². The summed E-state index contributed by atoms with van der Waals surface area (Å²) in [4.78, 5) is 11.6. The molecule has 5 nitrogen and oxygen atoms in total. The highest BCUT2D eigenvalue weighted by molar-refractivity contribution is 5.63. The number of hydrogen-bond acceptors (Lipinski definition) is 4. The predicted molar refractivity (Wildman–Crippen MR) is 97.4 cm³/mol. The van der Waals surface area contributed by atoms with Crippen LogP contribution in [0.2, 0.25) is 0 Å². The SMILES string of the molecule is c1cc(-c2ccc3nc([C@H]4CCCN(C5CCC5)C4)nn3c2)ccn1. The third-order valence-electron chi connectivity index (χ3n) is 5.77. The number of pyridine rings is 2. The molecule has 1 aliphatic heterocycles. The molecule has 2 aliphatic rings. The van der Waals surface area contributed by atoms with Gasteiger partial charge in [0.25, 0.3) is 0 Å². The average Bonchev–Trinajstić information content (AvgIpc) is 3.04. The second kappa shape index (κ2) is 6.23. The molecule has 0 amide bonds. The Morgan fingerprint density at radius 3 is 2.60 bits per heavy atom. The van der Waals surface area contributed by atoms with Crippen molar-refractivity contribution in [2.24, 2.45) is 0 Å². The van der Waals surface area contributed by atoms with Gasteiger partial charge >= 0.3 is 0 Å². The molecule has 0 aromatic carbocycles. The first-order valence-electron chi connectivity index (χ1n) is 9.37.